The molecule has 0 radical (unpaired) electrons. The molecule has 5 heteroatoms. The summed E-state index contributed by atoms with van der Waals surface area (Å²) in [6, 6.07) is 0. The Hall–Kier alpha value is -0.130. The molecule has 4 nitrogen and oxygen atoms in total. The Morgan fingerprint density at radius 1 is 1.33 bits per heavy atom. The van der Waals surface area contributed by atoms with Crippen LogP contribution in [0, 0.1) is 5.92 Å². The van der Waals surface area contributed by atoms with Crippen LogP contribution >= 0.6 is 0 Å². The lowest BCUT2D eigenvalue weighted by molar-refractivity contribution is 0.0595. The number of nitrogens with zero attached hydrogens (tertiary/aromatic N) is 1. The molecule has 2 rings (SSSR count). The van der Waals surface area contributed by atoms with Crippen LogP contribution in [0.2, 0.25) is 0 Å². The van der Waals surface area contributed by atoms with Crippen LogP contribution in [0.15, 0.2) is 0 Å². The van der Waals surface area contributed by atoms with Gasteiger partial charge in [-0.05, 0) is 44.7 Å². The van der Waals surface area contributed by atoms with Gasteiger partial charge in [0.2, 0.25) is 0 Å². The fourth-order valence-electron chi connectivity index (χ4n) is 3.53. The minimum absolute atomic E-state index is 0.268. The van der Waals surface area contributed by atoms with Gasteiger partial charge in [-0.25, -0.2) is 8.42 Å². The van der Waals surface area contributed by atoms with Crippen LogP contribution in [0.4, 0.5) is 0 Å². The Labute approximate surface area is 111 Å². The topological polar surface area (TPSA) is 63.4 Å². The van der Waals surface area contributed by atoms with Crippen LogP contribution in [-0.2, 0) is 9.84 Å². The molecule has 2 heterocycles. The van der Waals surface area contributed by atoms with Crippen molar-refractivity contribution in [2.75, 3.05) is 31.1 Å². The first kappa shape index (κ1) is 14.3. The quantitative estimate of drug-likeness (QED) is 0.834. The predicted molar refractivity (Wildman–Crippen MR) is 74.3 cm³/mol. The van der Waals surface area contributed by atoms with Crippen molar-refractivity contribution in [2.45, 2.75) is 44.6 Å². The van der Waals surface area contributed by atoms with Crippen molar-refractivity contribution >= 4 is 9.84 Å². The van der Waals surface area contributed by atoms with Gasteiger partial charge in [-0.1, -0.05) is 13.3 Å². The van der Waals surface area contributed by atoms with Crippen molar-refractivity contribution in [3.63, 3.8) is 0 Å². The molecule has 2 saturated heterocycles. The summed E-state index contributed by atoms with van der Waals surface area (Å²) in [5, 5.41) is 0. The van der Waals surface area contributed by atoms with E-state index in [2.05, 4.69) is 11.8 Å². The molecule has 2 N–H and O–H groups in total. The van der Waals surface area contributed by atoms with E-state index >= 15 is 0 Å². The van der Waals surface area contributed by atoms with Crippen LogP contribution in [0.5, 0.6) is 0 Å². The lowest BCUT2D eigenvalue weighted by Gasteiger charge is -2.48. The van der Waals surface area contributed by atoms with Crippen LogP contribution in [0.1, 0.15) is 39.0 Å². The van der Waals surface area contributed by atoms with E-state index in [1.54, 1.807) is 0 Å². The maximum atomic E-state index is 11.9. The predicted octanol–water partition coefficient (Wildman–Crippen LogP) is 1.01. The highest BCUT2D eigenvalue weighted by molar-refractivity contribution is 7.91. The van der Waals surface area contributed by atoms with E-state index in [0.29, 0.717) is 12.3 Å². The van der Waals surface area contributed by atoms with Gasteiger partial charge >= 0.3 is 0 Å². The third-order valence-electron chi connectivity index (χ3n) is 4.83. The molecule has 2 fully saturated rings. The molecule has 18 heavy (non-hydrogen) atoms. The van der Waals surface area contributed by atoms with E-state index in [9.17, 15) is 8.42 Å². The Morgan fingerprint density at radius 2 is 2.00 bits per heavy atom. The van der Waals surface area contributed by atoms with Gasteiger partial charge in [0.25, 0.3) is 0 Å². The van der Waals surface area contributed by atoms with Gasteiger partial charge < -0.3 is 5.73 Å². The van der Waals surface area contributed by atoms with E-state index in [0.717, 1.165) is 31.8 Å². The second kappa shape index (κ2) is 5.47. The fraction of sp³-hybridized carbons (Fsp3) is 1.00. The van der Waals surface area contributed by atoms with Crippen LogP contribution in [-0.4, -0.2) is 50.0 Å². The molecule has 0 saturated carbocycles. The van der Waals surface area contributed by atoms with Gasteiger partial charge in [0.1, 0.15) is 0 Å². The van der Waals surface area contributed by atoms with E-state index < -0.39 is 9.84 Å². The van der Waals surface area contributed by atoms with Crippen molar-refractivity contribution in [1.29, 1.82) is 0 Å². The second-order valence-corrected chi connectivity index (χ2v) is 8.15. The van der Waals surface area contributed by atoms with Crippen molar-refractivity contribution in [3.05, 3.63) is 0 Å². The maximum Gasteiger partial charge on any atom is 0.152 e. The summed E-state index contributed by atoms with van der Waals surface area (Å²) >= 11 is 0. The lowest BCUT2D eigenvalue weighted by Crippen LogP contribution is -2.61. The van der Waals surface area contributed by atoms with E-state index in [-0.39, 0.29) is 11.3 Å². The fourth-order valence-corrected chi connectivity index (χ4v) is 5.52. The Kier molecular flexibility index (Phi) is 4.34. The standard InChI is InChI=1S/C13H26N2O2S/c1-2-12-4-7-15(8-5-12)13(10-14)6-3-9-18(16,17)11-13/h12H,2-11,14H2,1H3. The third-order valence-corrected chi connectivity index (χ3v) is 6.72. The average Bonchev–Trinajstić information content (AvgIpc) is 2.37. The summed E-state index contributed by atoms with van der Waals surface area (Å²) in [4.78, 5) is 2.37. The molecule has 0 spiro atoms. The summed E-state index contributed by atoms with van der Waals surface area (Å²) in [5.74, 6) is 1.43. The number of rotatable bonds is 3. The molecule has 0 aromatic carbocycles. The molecule has 0 aliphatic carbocycles. The summed E-state index contributed by atoms with van der Waals surface area (Å²) in [7, 11) is -2.89. The van der Waals surface area contributed by atoms with Crippen LogP contribution in [0.3, 0.4) is 0 Å². The highest BCUT2D eigenvalue weighted by Gasteiger charge is 2.43. The molecule has 0 bridgehead atoms. The zero-order valence-electron chi connectivity index (χ0n) is 11.4. The van der Waals surface area contributed by atoms with Crippen molar-refractivity contribution in [2.24, 2.45) is 11.7 Å². The van der Waals surface area contributed by atoms with Gasteiger partial charge in [-0.2, -0.15) is 0 Å². The molecular weight excluding hydrogens is 248 g/mol. The van der Waals surface area contributed by atoms with Crippen molar-refractivity contribution in [1.82, 2.24) is 4.90 Å². The highest BCUT2D eigenvalue weighted by Crippen LogP contribution is 2.32. The van der Waals surface area contributed by atoms with E-state index in [4.69, 9.17) is 5.73 Å². The summed E-state index contributed by atoms with van der Waals surface area (Å²) in [5.41, 5.74) is 5.68. The lowest BCUT2D eigenvalue weighted by atomic mass is 9.87. The van der Waals surface area contributed by atoms with Crippen molar-refractivity contribution in [3.8, 4) is 0 Å². The van der Waals surface area contributed by atoms with Gasteiger partial charge in [0.15, 0.2) is 9.84 Å². The SMILES string of the molecule is CCC1CCN(C2(CN)CCCS(=O)(=O)C2)CC1. The molecule has 2 aliphatic heterocycles. The van der Waals surface area contributed by atoms with E-state index in [1.807, 2.05) is 0 Å². The Morgan fingerprint density at radius 3 is 2.50 bits per heavy atom. The molecule has 0 aromatic rings. The largest absolute Gasteiger partial charge is 0.329 e. The molecule has 106 valence electrons. The number of sulfone groups is 1. The minimum Gasteiger partial charge on any atom is -0.329 e. The smallest absolute Gasteiger partial charge is 0.152 e. The first-order valence-electron chi connectivity index (χ1n) is 7.17. The van der Waals surface area contributed by atoms with Gasteiger partial charge in [0, 0.05) is 12.1 Å². The van der Waals surface area contributed by atoms with Crippen LogP contribution < -0.4 is 5.73 Å². The normalized spacial score (nSPS) is 34.6. The summed E-state index contributed by atoms with van der Waals surface area (Å²) < 4.78 is 23.8. The highest BCUT2D eigenvalue weighted by atomic mass is 32.2. The summed E-state index contributed by atoms with van der Waals surface area (Å²) in [6.45, 7) is 4.75. The number of hydrogen-bond donors (Lipinski definition) is 1. The third kappa shape index (κ3) is 2.89. The maximum absolute atomic E-state index is 11.9. The second-order valence-electron chi connectivity index (χ2n) is 5.96. The molecule has 2 aliphatic rings. The number of hydrogen-bond acceptors (Lipinski definition) is 4. The molecule has 1 unspecified atom stereocenters. The zero-order valence-corrected chi connectivity index (χ0v) is 12.2. The minimum atomic E-state index is -2.89. The molecule has 1 atom stereocenters. The molecule has 0 amide bonds. The van der Waals surface area contributed by atoms with Gasteiger partial charge in [0.05, 0.1) is 11.5 Å². The number of piperidine rings is 1. The first-order valence-corrected chi connectivity index (χ1v) is 8.99. The van der Waals surface area contributed by atoms with E-state index in [1.165, 1.54) is 19.3 Å². The first-order chi connectivity index (χ1) is 8.51. The van der Waals surface area contributed by atoms with Gasteiger partial charge in [-0.15, -0.1) is 0 Å². The Balaban J connectivity index is 2.08. The zero-order chi connectivity index (χ0) is 13.2. The van der Waals surface area contributed by atoms with Crippen LogP contribution in [0.25, 0.3) is 0 Å². The number of likely N-dealkylation sites (tertiary alicyclic amines) is 1. The average molecular weight is 274 g/mol. The van der Waals surface area contributed by atoms with Gasteiger partial charge in [-0.3, -0.25) is 4.90 Å². The van der Waals surface area contributed by atoms with Crippen molar-refractivity contribution < 1.29 is 8.42 Å². The Bertz CT molecular complexity index is 374. The molecular formula is C13H26N2O2S. The monoisotopic (exact) mass is 274 g/mol. The number of nitrogens with two attached hydrogens (primary N) is 1. The summed E-state index contributed by atoms with van der Waals surface area (Å²) in [6.07, 6.45) is 5.34. The molecule has 0 aromatic heterocycles.